The lowest BCUT2D eigenvalue weighted by atomic mass is 10.0. The predicted octanol–water partition coefficient (Wildman–Crippen LogP) is 18.4. The Morgan fingerprint density at radius 2 is 0.432 bits per heavy atom. The summed E-state index contributed by atoms with van der Waals surface area (Å²) in [5, 5.41) is 55.0. The maximum Gasteiger partial charge on any atom is 0.306 e. The van der Waals surface area contributed by atoms with Crippen LogP contribution in [0.15, 0.2) is 48.6 Å². The van der Waals surface area contributed by atoms with E-state index in [1.54, 1.807) is 0 Å². The minimum absolute atomic E-state index is 0.000687. The van der Waals surface area contributed by atoms with Gasteiger partial charge in [0.1, 0.15) is 50.8 Å². The molecule has 32 nitrogen and oxygen atoms in total. The van der Waals surface area contributed by atoms with Crippen LogP contribution in [0.1, 0.15) is 427 Å². The van der Waals surface area contributed by atoms with Crippen LogP contribution >= 0.6 is 0 Å². The van der Waals surface area contributed by atoms with E-state index in [0.29, 0.717) is 182 Å². The molecule has 0 aliphatic carbocycles. The van der Waals surface area contributed by atoms with Gasteiger partial charge in [-0.3, -0.25) is 57.5 Å². The SMILES string of the molecule is CCCCCC(OC(=O)CCCC(=O)OCCN(C)C)C(O)CC=CCCCCCCCC(=O)NCCNC(=O)CCCCCCCC=CCC(O)C(CCCCC)OC(=O)CCCC(=O)OCCN(C)C.CCCCCC(OC(=O)CCCC(=O)OCCN(C)CC)C(O)CC=CCCCCCCCC(=O)NCCNC(=O)CCCCCCCC=CCC(O)C(CCCCC)OC(=O)CCCC(=O)OCCN(C)CC. The molecule has 0 bridgehead atoms. The predicted molar refractivity (Wildman–Crippen MR) is 579 cm³/mol. The average Bonchev–Trinajstić information content (AvgIpc) is 0.928. The molecule has 0 fully saturated rings. The highest BCUT2D eigenvalue weighted by Crippen LogP contribution is 2.23. The van der Waals surface area contributed by atoms with Crippen molar-refractivity contribution in [2.24, 2.45) is 0 Å². The number of rotatable bonds is 100. The summed E-state index contributed by atoms with van der Waals surface area (Å²) in [7, 11) is 11.5. The Hall–Kier alpha value is -7.72. The van der Waals surface area contributed by atoms with E-state index >= 15 is 0 Å². The van der Waals surface area contributed by atoms with Crippen molar-refractivity contribution in [2.45, 2.75) is 476 Å². The van der Waals surface area contributed by atoms with Gasteiger partial charge in [0, 0.05) is 129 Å². The van der Waals surface area contributed by atoms with Gasteiger partial charge < -0.3 is 99.2 Å². The number of carbonyl (C=O) groups is 12. The minimum Gasteiger partial charge on any atom is -0.464 e. The third kappa shape index (κ3) is 94.7. The maximum atomic E-state index is 12.6. The van der Waals surface area contributed by atoms with E-state index in [1.165, 1.54) is 0 Å². The fourth-order valence-corrected chi connectivity index (χ4v) is 15.5. The van der Waals surface area contributed by atoms with Crippen LogP contribution in [0.25, 0.3) is 0 Å². The Morgan fingerprint density at radius 1 is 0.233 bits per heavy atom. The molecule has 0 saturated heterocycles. The third-order valence-electron chi connectivity index (χ3n) is 25.2. The molecule has 0 aromatic carbocycles. The number of nitrogens with zero attached hydrogens (tertiary/aromatic N) is 4. The largest absolute Gasteiger partial charge is 0.464 e. The van der Waals surface area contributed by atoms with Crippen LogP contribution < -0.4 is 21.3 Å². The number of likely N-dealkylation sites (N-methyl/N-ethyl adjacent to an activating group) is 4. The molecule has 0 heterocycles. The molecular weight excluding hydrogens is 1870 g/mol. The number of esters is 8. The smallest absolute Gasteiger partial charge is 0.306 e. The van der Waals surface area contributed by atoms with Crippen molar-refractivity contribution in [3.8, 4) is 0 Å². The summed E-state index contributed by atoms with van der Waals surface area (Å²) in [5.41, 5.74) is 0. The van der Waals surface area contributed by atoms with Gasteiger partial charge in [-0.2, -0.15) is 0 Å². The zero-order chi connectivity index (χ0) is 108. The van der Waals surface area contributed by atoms with Gasteiger partial charge in [0.2, 0.25) is 23.6 Å². The van der Waals surface area contributed by atoms with Crippen molar-refractivity contribution in [3.05, 3.63) is 48.6 Å². The normalized spacial score (nSPS) is 13.3. The third-order valence-corrected chi connectivity index (χ3v) is 25.2. The quantitative estimate of drug-likeness (QED) is 0.0121. The van der Waals surface area contributed by atoms with E-state index in [0.717, 1.165) is 244 Å². The number of aliphatic hydroxyl groups excluding tert-OH is 4. The lowest BCUT2D eigenvalue weighted by Crippen LogP contribution is -2.34. The lowest BCUT2D eigenvalue weighted by Gasteiger charge is -2.22. The number of hydrogen-bond donors (Lipinski definition) is 8. The number of allylic oxidation sites excluding steroid dienone is 4. The van der Waals surface area contributed by atoms with Gasteiger partial charge in [-0.1, -0.05) is 219 Å². The second-order valence-corrected chi connectivity index (χ2v) is 39.5. The van der Waals surface area contributed by atoms with E-state index in [4.69, 9.17) is 37.9 Å². The van der Waals surface area contributed by atoms with Gasteiger partial charge in [-0.15, -0.1) is 0 Å². The highest BCUT2D eigenvalue weighted by Gasteiger charge is 2.28. The number of carbonyl (C=O) groups excluding carboxylic acids is 12. The monoisotopic (exact) mass is 2070 g/mol. The van der Waals surface area contributed by atoms with Crippen molar-refractivity contribution in [2.75, 3.05) is 134 Å². The number of unbranched alkanes of at least 4 members (excludes halogenated alkanes) is 28. The van der Waals surface area contributed by atoms with Gasteiger partial charge in [0.15, 0.2) is 0 Å². The Labute approximate surface area is 881 Å². The first-order valence-corrected chi connectivity index (χ1v) is 56.9. The Morgan fingerprint density at radius 3 is 0.637 bits per heavy atom. The molecule has 8 unspecified atom stereocenters. The standard InChI is InChI=1S/C58H106N4O12.C56H102N4O12/c1-7-11-25-35-51(73-57(69)41-31-39-55(67)71-47-45-61(5)9-3)49(63)33-27-21-17-13-15-19-23-29-37-53(65)59-43-44-60-54(66)38-30-24-20-16-14-18-22-28-34-50(64)52(36-26-12-8-2)74-58(70)42-32-40-56(68)72-48-46-62(6)10-4;1-7-9-23-33-49(71-55(67)39-29-37-53(65)69-45-43-59(3)4)47(61)31-25-19-15-11-13-17-21-27-35-51(63)57-41-42-58-52(64)36-28-22-18-14-12-16-20-26-32-48(62)50(34-24-10-8-2)72-56(68)40-30-38-54(66)70-46-44-60(5)6/h21-22,27-28,49-52,63-64H,7-20,23-26,29-48H2,1-6H3,(H,59,65)(H,60,66);19-20,25-26,47-50,61-62H,7-18,21-24,27-46H2,1-6H3,(H,57,63)(H,58,64). The molecule has 146 heavy (non-hydrogen) atoms. The van der Waals surface area contributed by atoms with Crippen molar-refractivity contribution < 1.29 is 116 Å². The molecule has 8 N–H and O–H groups in total. The molecule has 0 aliphatic heterocycles. The van der Waals surface area contributed by atoms with Crippen LogP contribution in [0.2, 0.25) is 0 Å². The molecule has 0 saturated carbocycles. The highest BCUT2D eigenvalue weighted by atomic mass is 16.6. The van der Waals surface area contributed by atoms with Gasteiger partial charge in [0.25, 0.3) is 0 Å². The van der Waals surface area contributed by atoms with E-state index in [1.807, 2.05) is 90.2 Å². The van der Waals surface area contributed by atoms with Crippen molar-refractivity contribution in [1.82, 2.24) is 40.9 Å². The molecule has 4 amide bonds. The summed E-state index contributed by atoms with van der Waals surface area (Å²) in [5.74, 6) is -2.90. The highest BCUT2D eigenvalue weighted by molar-refractivity contribution is 5.78. The second kappa shape index (κ2) is 102. The number of hydrogen-bond acceptors (Lipinski definition) is 28. The minimum atomic E-state index is -0.784. The van der Waals surface area contributed by atoms with E-state index < -0.39 is 72.7 Å². The first-order chi connectivity index (χ1) is 70.4. The van der Waals surface area contributed by atoms with Crippen LogP contribution in [0.5, 0.6) is 0 Å². The van der Waals surface area contributed by atoms with Crippen LogP contribution in [0, 0.1) is 0 Å². The van der Waals surface area contributed by atoms with E-state index in [2.05, 4.69) is 83.1 Å². The first-order valence-electron chi connectivity index (χ1n) is 56.9. The molecule has 0 spiro atoms. The topological polar surface area (TPSA) is 421 Å². The summed E-state index contributed by atoms with van der Waals surface area (Å²) in [6.07, 6.45) is 53.8. The van der Waals surface area contributed by atoms with Crippen molar-refractivity contribution in [1.29, 1.82) is 0 Å². The van der Waals surface area contributed by atoms with E-state index in [9.17, 15) is 78.0 Å². The van der Waals surface area contributed by atoms with Crippen LogP contribution in [-0.2, 0) is 95.4 Å². The summed E-state index contributed by atoms with van der Waals surface area (Å²) in [4.78, 5) is 155. The van der Waals surface area contributed by atoms with Crippen molar-refractivity contribution in [3.63, 3.8) is 0 Å². The van der Waals surface area contributed by atoms with Gasteiger partial charge in [-0.05, 0) is 235 Å². The molecule has 0 radical (unpaired) electrons. The van der Waals surface area contributed by atoms with Crippen molar-refractivity contribution >= 4 is 71.4 Å². The molecule has 848 valence electrons. The number of nitrogens with one attached hydrogen (secondary N) is 4. The Bertz CT molecular complexity index is 3170. The summed E-state index contributed by atoms with van der Waals surface area (Å²) < 4.78 is 43.5. The fraction of sp³-hybridized carbons (Fsp3) is 0.825. The zero-order valence-electron chi connectivity index (χ0n) is 93.3. The molecule has 32 heteroatoms. The average molecular weight is 2070 g/mol. The summed E-state index contributed by atoms with van der Waals surface area (Å²) in [6, 6.07) is 0. The molecule has 0 aliphatic rings. The summed E-state index contributed by atoms with van der Waals surface area (Å²) >= 11 is 0. The molecule has 0 rings (SSSR count). The van der Waals surface area contributed by atoms with Gasteiger partial charge in [0.05, 0.1) is 24.4 Å². The van der Waals surface area contributed by atoms with Gasteiger partial charge >= 0.3 is 47.8 Å². The number of amides is 4. The Kier molecular flexibility index (Phi) is 97.8. The second-order valence-electron chi connectivity index (χ2n) is 39.5. The van der Waals surface area contributed by atoms with Crippen LogP contribution in [0.3, 0.4) is 0 Å². The van der Waals surface area contributed by atoms with Crippen LogP contribution in [0.4, 0.5) is 0 Å². The number of aliphatic hydroxyl groups is 4. The first kappa shape index (κ1) is 140. The van der Waals surface area contributed by atoms with E-state index in [-0.39, 0.29) is 98.9 Å². The Balaban J connectivity index is 0. The van der Waals surface area contributed by atoms with Gasteiger partial charge in [-0.25, -0.2) is 0 Å². The lowest BCUT2D eigenvalue weighted by molar-refractivity contribution is -0.157. The maximum absolute atomic E-state index is 12.6. The molecule has 0 aromatic rings. The molecule has 8 atom stereocenters. The van der Waals surface area contributed by atoms with Crippen LogP contribution in [-0.4, -0.2) is 294 Å². The molecular formula is C114H208N8O24. The zero-order valence-corrected chi connectivity index (χ0v) is 93.3. The summed E-state index contributed by atoms with van der Waals surface area (Å²) in [6.45, 7) is 19.8. The molecule has 0 aromatic heterocycles. The fourth-order valence-electron chi connectivity index (χ4n) is 15.5. The number of ether oxygens (including phenoxy) is 8.